The highest BCUT2D eigenvalue weighted by Gasteiger charge is 2.13. The molecule has 24 heavy (non-hydrogen) atoms. The van der Waals surface area contributed by atoms with E-state index in [0.29, 0.717) is 10.1 Å². The fourth-order valence-electron chi connectivity index (χ4n) is 2.93. The molecule has 2 aromatic carbocycles. The smallest absolute Gasteiger partial charge is 0.171 e. The van der Waals surface area contributed by atoms with Crippen LogP contribution in [0.15, 0.2) is 48.5 Å². The highest BCUT2D eigenvalue weighted by molar-refractivity contribution is 7.80. The molecule has 126 valence electrons. The molecule has 0 bridgehead atoms. The lowest BCUT2D eigenvalue weighted by Crippen LogP contribution is -2.30. The molecule has 1 atom stereocenters. The van der Waals surface area contributed by atoms with Crippen molar-refractivity contribution < 1.29 is 0 Å². The third-order valence-electron chi connectivity index (χ3n) is 4.31. The van der Waals surface area contributed by atoms with Crippen LogP contribution >= 0.6 is 23.8 Å². The molecule has 2 aromatic rings. The van der Waals surface area contributed by atoms with E-state index in [9.17, 15) is 0 Å². The van der Waals surface area contributed by atoms with Crippen molar-refractivity contribution in [3.63, 3.8) is 0 Å². The number of rotatable bonds is 4. The van der Waals surface area contributed by atoms with Gasteiger partial charge in [0.15, 0.2) is 5.11 Å². The lowest BCUT2D eigenvalue weighted by Gasteiger charge is -2.20. The van der Waals surface area contributed by atoms with Crippen LogP contribution in [0.5, 0.6) is 0 Å². The van der Waals surface area contributed by atoms with Crippen LogP contribution in [0.25, 0.3) is 0 Å². The van der Waals surface area contributed by atoms with E-state index in [2.05, 4.69) is 46.7 Å². The summed E-state index contributed by atoms with van der Waals surface area (Å²) in [5, 5.41) is 7.82. The van der Waals surface area contributed by atoms with Gasteiger partial charge in [0, 0.05) is 29.5 Å². The lowest BCUT2D eigenvalue weighted by atomic mass is 10.1. The zero-order chi connectivity index (χ0) is 16.9. The van der Waals surface area contributed by atoms with Gasteiger partial charge in [0.1, 0.15) is 0 Å². The minimum absolute atomic E-state index is 0.143. The Bertz CT molecular complexity index is 679. The Balaban J connectivity index is 1.56. The average molecular weight is 360 g/mol. The average Bonchev–Trinajstić information content (AvgIpc) is 3.11. The Labute approximate surface area is 154 Å². The summed E-state index contributed by atoms with van der Waals surface area (Å²) in [6.45, 7) is 4.45. The molecular formula is C19H22ClN3S. The quantitative estimate of drug-likeness (QED) is 0.752. The summed E-state index contributed by atoms with van der Waals surface area (Å²) < 4.78 is 0. The summed E-state index contributed by atoms with van der Waals surface area (Å²) in [4.78, 5) is 2.44. The fraction of sp³-hybridized carbons (Fsp3) is 0.316. The van der Waals surface area contributed by atoms with Crippen LogP contribution in [0.3, 0.4) is 0 Å². The zero-order valence-corrected chi connectivity index (χ0v) is 15.3. The fourth-order valence-corrected chi connectivity index (χ4v) is 3.35. The van der Waals surface area contributed by atoms with E-state index in [-0.39, 0.29) is 6.04 Å². The van der Waals surface area contributed by atoms with Crippen molar-refractivity contribution in [2.24, 2.45) is 0 Å². The molecule has 1 aliphatic rings. The molecular weight excluding hydrogens is 338 g/mol. The molecule has 1 fully saturated rings. The topological polar surface area (TPSA) is 27.3 Å². The Morgan fingerprint density at radius 2 is 1.67 bits per heavy atom. The molecule has 1 aliphatic heterocycles. The maximum absolute atomic E-state index is 5.89. The SMILES string of the molecule is C[C@@H](NC(=S)Nc1ccc(Cl)cc1)c1ccc(N2CCCC2)cc1. The Morgan fingerprint density at radius 1 is 1.04 bits per heavy atom. The van der Waals surface area contributed by atoms with Crippen LogP contribution in [-0.2, 0) is 0 Å². The predicted octanol–water partition coefficient (Wildman–Crippen LogP) is 4.99. The van der Waals surface area contributed by atoms with Gasteiger partial charge in [-0.25, -0.2) is 0 Å². The van der Waals surface area contributed by atoms with Crippen LogP contribution in [-0.4, -0.2) is 18.2 Å². The second-order valence-electron chi connectivity index (χ2n) is 6.11. The maximum atomic E-state index is 5.89. The van der Waals surface area contributed by atoms with Crippen molar-refractivity contribution in [2.45, 2.75) is 25.8 Å². The van der Waals surface area contributed by atoms with Gasteiger partial charge in [-0.2, -0.15) is 0 Å². The van der Waals surface area contributed by atoms with Gasteiger partial charge in [-0.1, -0.05) is 23.7 Å². The first-order valence-corrected chi connectivity index (χ1v) is 9.08. The molecule has 0 saturated carbocycles. The lowest BCUT2D eigenvalue weighted by molar-refractivity contribution is 0.722. The van der Waals surface area contributed by atoms with Crippen LogP contribution < -0.4 is 15.5 Å². The highest BCUT2D eigenvalue weighted by atomic mass is 35.5. The molecule has 3 rings (SSSR count). The molecule has 0 amide bonds. The molecule has 2 N–H and O–H groups in total. The Morgan fingerprint density at radius 3 is 2.29 bits per heavy atom. The number of halogens is 1. The minimum atomic E-state index is 0.143. The first kappa shape index (κ1) is 17.1. The largest absolute Gasteiger partial charge is 0.372 e. The normalized spacial score (nSPS) is 15.2. The van der Waals surface area contributed by atoms with E-state index < -0.39 is 0 Å². The van der Waals surface area contributed by atoms with Gasteiger partial charge < -0.3 is 15.5 Å². The number of nitrogens with one attached hydrogen (secondary N) is 2. The van der Waals surface area contributed by atoms with E-state index >= 15 is 0 Å². The number of hydrogen-bond donors (Lipinski definition) is 2. The van der Waals surface area contributed by atoms with Gasteiger partial charge in [-0.15, -0.1) is 0 Å². The standard InChI is InChI=1S/C19H22ClN3S/c1-14(21-19(24)22-17-8-6-16(20)7-9-17)15-4-10-18(11-5-15)23-12-2-3-13-23/h4-11,14H,2-3,12-13H2,1H3,(H2,21,22,24)/t14-/m1/s1. The third kappa shape index (κ3) is 4.40. The van der Waals surface area contributed by atoms with E-state index in [1.165, 1.54) is 37.2 Å². The van der Waals surface area contributed by atoms with Crippen molar-refractivity contribution in [3.05, 3.63) is 59.1 Å². The highest BCUT2D eigenvalue weighted by Crippen LogP contribution is 2.22. The zero-order valence-electron chi connectivity index (χ0n) is 13.8. The summed E-state index contributed by atoms with van der Waals surface area (Å²) in [6, 6.07) is 16.4. The summed E-state index contributed by atoms with van der Waals surface area (Å²) in [6.07, 6.45) is 2.59. The van der Waals surface area contributed by atoms with Gasteiger partial charge in [0.05, 0.1) is 6.04 Å². The molecule has 0 aromatic heterocycles. The van der Waals surface area contributed by atoms with Crippen molar-refractivity contribution in [1.82, 2.24) is 5.32 Å². The molecule has 3 nitrogen and oxygen atoms in total. The van der Waals surface area contributed by atoms with Crippen molar-refractivity contribution in [1.29, 1.82) is 0 Å². The second kappa shape index (κ2) is 7.86. The van der Waals surface area contributed by atoms with Gasteiger partial charge in [0.25, 0.3) is 0 Å². The van der Waals surface area contributed by atoms with Crippen molar-refractivity contribution in [3.8, 4) is 0 Å². The summed E-state index contributed by atoms with van der Waals surface area (Å²) in [7, 11) is 0. The molecule has 0 radical (unpaired) electrons. The summed E-state index contributed by atoms with van der Waals surface area (Å²) in [5.74, 6) is 0. The summed E-state index contributed by atoms with van der Waals surface area (Å²) >= 11 is 11.3. The molecule has 1 heterocycles. The van der Waals surface area contributed by atoms with Crippen LogP contribution in [0.1, 0.15) is 31.4 Å². The maximum Gasteiger partial charge on any atom is 0.171 e. The summed E-state index contributed by atoms with van der Waals surface area (Å²) in [5.41, 5.74) is 3.46. The predicted molar refractivity (Wildman–Crippen MR) is 107 cm³/mol. The number of hydrogen-bond acceptors (Lipinski definition) is 2. The van der Waals surface area contributed by atoms with Crippen LogP contribution in [0, 0.1) is 0 Å². The second-order valence-corrected chi connectivity index (χ2v) is 6.96. The molecule has 0 aliphatic carbocycles. The van der Waals surface area contributed by atoms with Crippen LogP contribution in [0.2, 0.25) is 5.02 Å². The van der Waals surface area contributed by atoms with E-state index in [4.69, 9.17) is 23.8 Å². The molecule has 0 spiro atoms. The molecule has 5 heteroatoms. The Hall–Kier alpha value is -1.78. The number of thiocarbonyl (C=S) groups is 1. The van der Waals surface area contributed by atoms with Gasteiger partial charge in [-0.05, 0) is 73.9 Å². The van der Waals surface area contributed by atoms with Crippen molar-refractivity contribution >= 4 is 40.3 Å². The monoisotopic (exact) mass is 359 g/mol. The number of nitrogens with zero attached hydrogens (tertiary/aromatic N) is 1. The van der Waals surface area contributed by atoms with E-state index in [0.717, 1.165) is 5.69 Å². The Kier molecular flexibility index (Phi) is 5.59. The third-order valence-corrected chi connectivity index (χ3v) is 4.79. The van der Waals surface area contributed by atoms with Crippen molar-refractivity contribution in [2.75, 3.05) is 23.3 Å². The van der Waals surface area contributed by atoms with Gasteiger partial charge in [-0.3, -0.25) is 0 Å². The minimum Gasteiger partial charge on any atom is -0.372 e. The first-order chi connectivity index (χ1) is 11.6. The molecule has 0 unspecified atom stereocenters. The first-order valence-electron chi connectivity index (χ1n) is 8.30. The van der Waals surface area contributed by atoms with E-state index in [1.54, 1.807) is 0 Å². The number of anilines is 2. The van der Waals surface area contributed by atoms with Crippen LogP contribution in [0.4, 0.5) is 11.4 Å². The van der Waals surface area contributed by atoms with Gasteiger partial charge >= 0.3 is 0 Å². The molecule has 1 saturated heterocycles. The van der Waals surface area contributed by atoms with E-state index in [1.807, 2.05) is 24.3 Å². The number of benzene rings is 2. The van der Waals surface area contributed by atoms with Gasteiger partial charge in [0.2, 0.25) is 0 Å².